The maximum atomic E-state index is 3.88. The molecule has 0 aromatic carbocycles. The van der Waals surface area contributed by atoms with Crippen LogP contribution in [0.1, 0.15) is 78.6 Å². The molecule has 1 saturated heterocycles. The van der Waals surface area contributed by atoms with Crippen molar-refractivity contribution in [2.75, 3.05) is 13.1 Å². The van der Waals surface area contributed by atoms with Gasteiger partial charge in [-0.3, -0.25) is 4.90 Å². The van der Waals surface area contributed by atoms with Crippen molar-refractivity contribution in [1.82, 2.24) is 10.2 Å². The molecule has 1 aliphatic heterocycles. The third-order valence-corrected chi connectivity index (χ3v) is 5.73. The number of rotatable bonds is 4. The van der Waals surface area contributed by atoms with Crippen molar-refractivity contribution in [3.8, 4) is 0 Å². The molecule has 2 fully saturated rings. The molecule has 1 heterocycles. The fourth-order valence-corrected chi connectivity index (χ4v) is 4.27. The highest BCUT2D eigenvalue weighted by molar-refractivity contribution is 4.91. The summed E-state index contributed by atoms with van der Waals surface area (Å²) < 4.78 is 0. The van der Waals surface area contributed by atoms with Crippen molar-refractivity contribution in [2.45, 2.75) is 96.7 Å². The normalized spacial score (nSPS) is 37.4. The lowest BCUT2D eigenvalue weighted by atomic mass is 9.85. The Morgan fingerprint density at radius 3 is 2.45 bits per heavy atom. The molecule has 118 valence electrons. The van der Waals surface area contributed by atoms with Gasteiger partial charge in [0.15, 0.2) is 0 Å². The van der Waals surface area contributed by atoms with Crippen molar-refractivity contribution >= 4 is 0 Å². The SMILES string of the molecule is CCCNC1CCCCCCC1N1CCCC(C)C1C. The maximum absolute atomic E-state index is 3.88. The molecule has 1 aliphatic carbocycles. The second kappa shape index (κ2) is 8.38. The third kappa shape index (κ3) is 4.21. The summed E-state index contributed by atoms with van der Waals surface area (Å²) in [6, 6.07) is 2.31. The molecule has 0 bridgehead atoms. The average molecular weight is 280 g/mol. The quantitative estimate of drug-likeness (QED) is 0.830. The monoisotopic (exact) mass is 280 g/mol. The number of nitrogens with one attached hydrogen (secondary N) is 1. The van der Waals surface area contributed by atoms with E-state index in [0.717, 1.165) is 24.0 Å². The zero-order chi connectivity index (χ0) is 14.4. The minimum atomic E-state index is 0.739. The summed E-state index contributed by atoms with van der Waals surface area (Å²) in [5.74, 6) is 0.876. The Morgan fingerprint density at radius 1 is 0.950 bits per heavy atom. The molecular formula is C18H36N2. The maximum Gasteiger partial charge on any atom is 0.0252 e. The van der Waals surface area contributed by atoms with Crippen molar-refractivity contribution in [3.63, 3.8) is 0 Å². The predicted molar refractivity (Wildman–Crippen MR) is 88.1 cm³/mol. The van der Waals surface area contributed by atoms with Crippen LogP contribution in [0, 0.1) is 5.92 Å². The van der Waals surface area contributed by atoms with Gasteiger partial charge in [-0.25, -0.2) is 0 Å². The summed E-state index contributed by atoms with van der Waals surface area (Å²) in [4.78, 5) is 2.87. The van der Waals surface area contributed by atoms with E-state index < -0.39 is 0 Å². The third-order valence-electron chi connectivity index (χ3n) is 5.73. The molecule has 2 heteroatoms. The number of hydrogen-bond acceptors (Lipinski definition) is 2. The zero-order valence-electron chi connectivity index (χ0n) is 14.0. The van der Waals surface area contributed by atoms with Gasteiger partial charge in [0, 0.05) is 18.1 Å². The minimum Gasteiger partial charge on any atom is -0.312 e. The number of hydrogen-bond donors (Lipinski definition) is 1. The Bertz CT molecular complexity index is 264. The highest BCUT2D eigenvalue weighted by Crippen LogP contribution is 2.30. The molecule has 2 aliphatic rings. The van der Waals surface area contributed by atoms with E-state index in [9.17, 15) is 0 Å². The summed E-state index contributed by atoms with van der Waals surface area (Å²) in [6.07, 6.45) is 12.7. The Hall–Kier alpha value is -0.0800. The highest BCUT2D eigenvalue weighted by atomic mass is 15.2. The Morgan fingerprint density at radius 2 is 1.70 bits per heavy atom. The van der Waals surface area contributed by atoms with E-state index in [0.29, 0.717) is 0 Å². The molecule has 2 nitrogen and oxygen atoms in total. The smallest absolute Gasteiger partial charge is 0.0252 e. The average Bonchev–Trinajstić information content (AvgIpc) is 2.42. The Labute approximate surface area is 126 Å². The minimum absolute atomic E-state index is 0.739. The van der Waals surface area contributed by atoms with Crippen molar-refractivity contribution in [1.29, 1.82) is 0 Å². The van der Waals surface area contributed by atoms with E-state index in [1.165, 1.54) is 70.9 Å². The van der Waals surface area contributed by atoms with Crippen LogP contribution in [-0.4, -0.2) is 36.1 Å². The van der Waals surface area contributed by atoms with E-state index in [2.05, 4.69) is 31.0 Å². The number of nitrogens with zero attached hydrogens (tertiary/aromatic N) is 1. The molecule has 2 rings (SSSR count). The lowest BCUT2D eigenvalue weighted by Gasteiger charge is -2.46. The van der Waals surface area contributed by atoms with E-state index in [4.69, 9.17) is 0 Å². The van der Waals surface area contributed by atoms with Crippen LogP contribution in [0.4, 0.5) is 0 Å². The van der Waals surface area contributed by atoms with Gasteiger partial charge >= 0.3 is 0 Å². The first-order chi connectivity index (χ1) is 9.74. The second-order valence-electron chi connectivity index (χ2n) is 7.22. The van der Waals surface area contributed by atoms with Gasteiger partial charge in [0.05, 0.1) is 0 Å². The van der Waals surface area contributed by atoms with Gasteiger partial charge in [-0.15, -0.1) is 0 Å². The molecule has 0 aromatic rings. The van der Waals surface area contributed by atoms with Crippen molar-refractivity contribution in [2.24, 2.45) is 5.92 Å². The van der Waals surface area contributed by atoms with Gasteiger partial charge in [0.1, 0.15) is 0 Å². The molecular weight excluding hydrogens is 244 g/mol. The van der Waals surface area contributed by atoms with Gasteiger partial charge < -0.3 is 5.32 Å². The standard InChI is InChI=1S/C18H36N2/c1-4-13-19-17-11-7-5-6-8-12-18(17)20-14-9-10-15(2)16(20)3/h15-19H,4-14H2,1-3H3. The van der Waals surface area contributed by atoms with Crippen LogP contribution in [0.2, 0.25) is 0 Å². The Balaban J connectivity index is 2.04. The van der Waals surface area contributed by atoms with E-state index in [1.54, 1.807) is 0 Å². The van der Waals surface area contributed by atoms with Crippen LogP contribution >= 0.6 is 0 Å². The molecule has 4 unspecified atom stereocenters. The molecule has 0 aromatic heterocycles. The van der Waals surface area contributed by atoms with Crippen LogP contribution < -0.4 is 5.32 Å². The largest absolute Gasteiger partial charge is 0.312 e. The molecule has 0 spiro atoms. The van der Waals surface area contributed by atoms with Gasteiger partial charge in [0.2, 0.25) is 0 Å². The summed E-state index contributed by atoms with van der Waals surface area (Å²) in [5.41, 5.74) is 0. The van der Waals surface area contributed by atoms with Crippen LogP contribution in [0.5, 0.6) is 0 Å². The Kier molecular flexibility index (Phi) is 6.83. The molecule has 0 radical (unpaired) electrons. The predicted octanol–water partition coefficient (Wildman–Crippen LogP) is 4.20. The summed E-state index contributed by atoms with van der Waals surface area (Å²) in [6.45, 7) is 9.74. The number of likely N-dealkylation sites (tertiary alicyclic amines) is 1. The topological polar surface area (TPSA) is 15.3 Å². The van der Waals surface area contributed by atoms with Crippen molar-refractivity contribution in [3.05, 3.63) is 0 Å². The van der Waals surface area contributed by atoms with E-state index in [-0.39, 0.29) is 0 Å². The fourth-order valence-electron chi connectivity index (χ4n) is 4.27. The van der Waals surface area contributed by atoms with Crippen LogP contribution in [0.3, 0.4) is 0 Å². The lowest BCUT2D eigenvalue weighted by Crippen LogP contribution is -2.56. The number of piperidine rings is 1. The summed E-state index contributed by atoms with van der Waals surface area (Å²) in [7, 11) is 0. The van der Waals surface area contributed by atoms with Crippen LogP contribution in [-0.2, 0) is 0 Å². The molecule has 0 amide bonds. The van der Waals surface area contributed by atoms with Crippen molar-refractivity contribution < 1.29 is 0 Å². The van der Waals surface area contributed by atoms with Crippen LogP contribution in [0.25, 0.3) is 0 Å². The first-order valence-corrected chi connectivity index (χ1v) is 9.23. The molecule has 20 heavy (non-hydrogen) atoms. The first-order valence-electron chi connectivity index (χ1n) is 9.23. The van der Waals surface area contributed by atoms with E-state index in [1.807, 2.05) is 0 Å². The first kappa shape index (κ1) is 16.3. The van der Waals surface area contributed by atoms with Crippen LogP contribution in [0.15, 0.2) is 0 Å². The molecule has 1 saturated carbocycles. The second-order valence-corrected chi connectivity index (χ2v) is 7.22. The molecule has 1 N–H and O–H groups in total. The summed E-state index contributed by atoms with van der Waals surface area (Å²) in [5, 5.41) is 3.88. The zero-order valence-corrected chi connectivity index (χ0v) is 14.0. The molecule has 4 atom stereocenters. The fraction of sp³-hybridized carbons (Fsp3) is 1.00. The van der Waals surface area contributed by atoms with Gasteiger partial charge in [-0.05, 0) is 58.0 Å². The van der Waals surface area contributed by atoms with Gasteiger partial charge in [0.25, 0.3) is 0 Å². The highest BCUT2D eigenvalue weighted by Gasteiger charge is 2.34. The summed E-state index contributed by atoms with van der Waals surface area (Å²) >= 11 is 0. The van der Waals surface area contributed by atoms with Gasteiger partial charge in [-0.1, -0.05) is 39.5 Å². The lowest BCUT2D eigenvalue weighted by molar-refractivity contribution is 0.0394. The van der Waals surface area contributed by atoms with Gasteiger partial charge in [-0.2, -0.15) is 0 Å². The van der Waals surface area contributed by atoms with E-state index >= 15 is 0 Å².